The predicted octanol–water partition coefficient (Wildman–Crippen LogP) is 3.27. The Morgan fingerprint density at radius 2 is 2.14 bits per heavy atom. The summed E-state index contributed by atoms with van der Waals surface area (Å²) in [4.78, 5) is 11.2. The van der Waals surface area contributed by atoms with Crippen molar-refractivity contribution in [3.63, 3.8) is 0 Å². The molecule has 0 aliphatic rings. The number of nitro benzene ring substituents is 1. The highest BCUT2D eigenvalue weighted by Crippen LogP contribution is 2.27. The van der Waals surface area contributed by atoms with E-state index in [4.69, 9.17) is 0 Å². The zero-order valence-electron chi connectivity index (χ0n) is 8.32. The van der Waals surface area contributed by atoms with Crippen molar-refractivity contribution in [1.29, 1.82) is 0 Å². The lowest BCUT2D eigenvalue weighted by Gasteiger charge is -2.05. The van der Waals surface area contributed by atoms with Crippen LogP contribution in [0.15, 0.2) is 23.1 Å². The standard InChI is InChI=1S/C10H13NO2S/c1-3-8-5-6-9(11(12)13)7-10(8)14-4-2/h5-7H,3-4H2,1-2H3. The van der Waals surface area contributed by atoms with Crippen LogP contribution in [0.5, 0.6) is 0 Å². The fourth-order valence-electron chi connectivity index (χ4n) is 1.24. The van der Waals surface area contributed by atoms with Crippen LogP contribution in [0.4, 0.5) is 5.69 Å². The van der Waals surface area contributed by atoms with Gasteiger partial charge in [-0.05, 0) is 17.7 Å². The van der Waals surface area contributed by atoms with Gasteiger partial charge in [-0.1, -0.05) is 19.9 Å². The number of non-ortho nitro benzene ring substituents is 1. The molecule has 0 saturated heterocycles. The summed E-state index contributed by atoms with van der Waals surface area (Å²) in [7, 11) is 0. The highest BCUT2D eigenvalue weighted by molar-refractivity contribution is 7.99. The second-order valence-electron chi connectivity index (χ2n) is 2.84. The lowest BCUT2D eigenvalue weighted by molar-refractivity contribution is -0.385. The molecule has 0 N–H and O–H groups in total. The molecule has 0 aromatic heterocycles. The van der Waals surface area contributed by atoms with Gasteiger partial charge in [-0.15, -0.1) is 11.8 Å². The van der Waals surface area contributed by atoms with Crippen molar-refractivity contribution >= 4 is 17.4 Å². The van der Waals surface area contributed by atoms with Gasteiger partial charge in [0.25, 0.3) is 5.69 Å². The number of rotatable bonds is 4. The molecule has 0 saturated carbocycles. The molecule has 1 aromatic carbocycles. The summed E-state index contributed by atoms with van der Waals surface area (Å²) in [6.07, 6.45) is 0.917. The summed E-state index contributed by atoms with van der Waals surface area (Å²) >= 11 is 1.65. The summed E-state index contributed by atoms with van der Waals surface area (Å²) in [5.74, 6) is 0.939. The lowest BCUT2D eigenvalue weighted by Crippen LogP contribution is -1.91. The molecule has 0 fully saturated rings. The number of hydrogen-bond acceptors (Lipinski definition) is 3. The van der Waals surface area contributed by atoms with Crippen LogP contribution in [0, 0.1) is 10.1 Å². The summed E-state index contributed by atoms with van der Waals surface area (Å²) in [6.45, 7) is 4.10. The van der Waals surface area contributed by atoms with Crippen molar-refractivity contribution in [2.75, 3.05) is 5.75 Å². The maximum Gasteiger partial charge on any atom is 0.270 e. The van der Waals surface area contributed by atoms with Gasteiger partial charge in [0.05, 0.1) is 4.92 Å². The van der Waals surface area contributed by atoms with Crippen molar-refractivity contribution in [1.82, 2.24) is 0 Å². The Morgan fingerprint density at radius 3 is 2.64 bits per heavy atom. The number of thioether (sulfide) groups is 1. The SMILES string of the molecule is CCSc1cc([N+](=O)[O-])ccc1CC. The van der Waals surface area contributed by atoms with E-state index in [9.17, 15) is 10.1 Å². The van der Waals surface area contributed by atoms with Crippen molar-refractivity contribution in [2.24, 2.45) is 0 Å². The van der Waals surface area contributed by atoms with E-state index >= 15 is 0 Å². The molecule has 0 radical (unpaired) electrons. The minimum atomic E-state index is -0.348. The predicted molar refractivity (Wildman–Crippen MR) is 58.9 cm³/mol. The molecule has 0 heterocycles. The lowest BCUT2D eigenvalue weighted by atomic mass is 10.1. The van der Waals surface area contributed by atoms with Crippen LogP contribution in [0.1, 0.15) is 19.4 Å². The Kier molecular flexibility index (Phi) is 3.95. The molecule has 0 bridgehead atoms. The van der Waals surface area contributed by atoms with Gasteiger partial charge < -0.3 is 0 Å². The van der Waals surface area contributed by atoms with E-state index < -0.39 is 0 Å². The minimum Gasteiger partial charge on any atom is -0.258 e. The summed E-state index contributed by atoms with van der Waals surface area (Å²) in [5.41, 5.74) is 1.36. The number of aryl methyl sites for hydroxylation is 1. The van der Waals surface area contributed by atoms with Crippen molar-refractivity contribution in [2.45, 2.75) is 25.2 Å². The van der Waals surface area contributed by atoms with Crippen LogP contribution in [-0.2, 0) is 6.42 Å². The van der Waals surface area contributed by atoms with Crippen LogP contribution in [0.2, 0.25) is 0 Å². The first-order chi connectivity index (χ1) is 6.69. The second kappa shape index (κ2) is 5.00. The third kappa shape index (κ3) is 2.48. The average molecular weight is 211 g/mol. The maximum absolute atomic E-state index is 10.6. The first kappa shape index (κ1) is 11.0. The molecule has 0 aliphatic carbocycles. The molecule has 0 aliphatic heterocycles. The largest absolute Gasteiger partial charge is 0.270 e. The zero-order chi connectivity index (χ0) is 10.6. The Labute approximate surface area is 87.7 Å². The number of nitro groups is 1. The normalized spacial score (nSPS) is 10.1. The topological polar surface area (TPSA) is 43.1 Å². The highest BCUT2D eigenvalue weighted by Gasteiger charge is 2.09. The smallest absolute Gasteiger partial charge is 0.258 e. The molecule has 14 heavy (non-hydrogen) atoms. The number of hydrogen-bond donors (Lipinski definition) is 0. The Morgan fingerprint density at radius 1 is 1.43 bits per heavy atom. The van der Waals surface area contributed by atoms with Gasteiger partial charge in [-0.3, -0.25) is 10.1 Å². The van der Waals surface area contributed by atoms with E-state index in [0.717, 1.165) is 17.1 Å². The van der Waals surface area contributed by atoms with Gasteiger partial charge in [0.1, 0.15) is 0 Å². The summed E-state index contributed by atoms with van der Waals surface area (Å²) < 4.78 is 0. The van der Waals surface area contributed by atoms with Crippen molar-refractivity contribution in [3.05, 3.63) is 33.9 Å². The van der Waals surface area contributed by atoms with E-state index in [1.807, 2.05) is 13.0 Å². The molecule has 0 amide bonds. The van der Waals surface area contributed by atoms with Crippen molar-refractivity contribution < 1.29 is 4.92 Å². The fraction of sp³-hybridized carbons (Fsp3) is 0.400. The summed E-state index contributed by atoms with van der Waals surface area (Å²) in [5, 5.41) is 10.6. The van der Waals surface area contributed by atoms with E-state index in [2.05, 4.69) is 6.92 Å². The number of nitrogens with zero attached hydrogens (tertiary/aromatic N) is 1. The average Bonchev–Trinajstić information content (AvgIpc) is 2.18. The van der Waals surface area contributed by atoms with Gasteiger partial charge in [-0.2, -0.15) is 0 Å². The van der Waals surface area contributed by atoms with Gasteiger partial charge in [-0.25, -0.2) is 0 Å². The van der Waals surface area contributed by atoms with Crippen LogP contribution < -0.4 is 0 Å². The highest BCUT2D eigenvalue weighted by atomic mass is 32.2. The van der Waals surface area contributed by atoms with E-state index in [1.54, 1.807) is 23.9 Å². The maximum atomic E-state index is 10.6. The third-order valence-corrected chi connectivity index (χ3v) is 2.92. The molecule has 4 heteroatoms. The molecule has 1 aromatic rings. The Hall–Kier alpha value is -1.03. The number of benzene rings is 1. The first-order valence-corrected chi connectivity index (χ1v) is 5.57. The fourth-order valence-corrected chi connectivity index (χ4v) is 2.15. The van der Waals surface area contributed by atoms with Crippen molar-refractivity contribution in [3.8, 4) is 0 Å². The van der Waals surface area contributed by atoms with Crippen LogP contribution in [0.25, 0.3) is 0 Å². The van der Waals surface area contributed by atoms with E-state index in [1.165, 1.54) is 5.56 Å². The molecule has 76 valence electrons. The molecule has 0 unspecified atom stereocenters. The van der Waals surface area contributed by atoms with Crippen LogP contribution >= 0.6 is 11.8 Å². The zero-order valence-corrected chi connectivity index (χ0v) is 9.13. The van der Waals surface area contributed by atoms with Gasteiger partial charge in [0.15, 0.2) is 0 Å². The summed E-state index contributed by atoms with van der Waals surface area (Å²) in [6, 6.07) is 5.07. The third-order valence-electron chi connectivity index (χ3n) is 1.94. The minimum absolute atomic E-state index is 0.179. The first-order valence-electron chi connectivity index (χ1n) is 4.59. The Balaban J connectivity index is 3.07. The molecular formula is C10H13NO2S. The molecule has 1 rings (SSSR count). The van der Waals surface area contributed by atoms with Gasteiger partial charge >= 0.3 is 0 Å². The molecule has 0 spiro atoms. The van der Waals surface area contributed by atoms with Gasteiger partial charge in [0.2, 0.25) is 0 Å². The molecule has 0 atom stereocenters. The molecule has 3 nitrogen and oxygen atoms in total. The van der Waals surface area contributed by atoms with Crippen LogP contribution in [-0.4, -0.2) is 10.7 Å². The van der Waals surface area contributed by atoms with Crippen LogP contribution in [0.3, 0.4) is 0 Å². The molecular weight excluding hydrogens is 198 g/mol. The second-order valence-corrected chi connectivity index (χ2v) is 4.14. The monoisotopic (exact) mass is 211 g/mol. The Bertz CT molecular complexity index is 339. The van der Waals surface area contributed by atoms with Gasteiger partial charge in [0, 0.05) is 17.0 Å². The van der Waals surface area contributed by atoms with E-state index in [0.29, 0.717) is 0 Å². The van der Waals surface area contributed by atoms with E-state index in [-0.39, 0.29) is 10.6 Å². The quantitative estimate of drug-likeness (QED) is 0.436.